The van der Waals surface area contributed by atoms with Gasteiger partial charge in [-0.1, -0.05) is 185 Å². The summed E-state index contributed by atoms with van der Waals surface area (Å²) in [7, 11) is 5.74. The molecule has 0 saturated carbocycles. The largest absolute Gasteiger partial charge is 1.00 e. The predicted molar refractivity (Wildman–Crippen MR) is 507 cm³/mol. The maximum absolute atomic E-state index is 11.8. The van der Waals surface area contributed by atoms with Crippen molar-refractivity contribution in [3.05, 3.63) is 353 Å². The number of carbonyl (C=O) groups excluding carboxylic acids is 2. The first-order chi connectivity index (χ1) is 52.1. The molecule has 0 radical (unpaired) electrons. The second kappa shape index (κ2) is 46.5. The predicted octanol–water partition coefficient (Wildman–Crippen LogP) is 26.2. The van der Waals surface area contributed by atoms with Crippen molar-refractivity contribution in [1.82, 2.24) is 0 Å². The average molecular weight is 2140 g/mol. The van der Waals surface area contributed by atoms with Gasteiger partial charge in [0, 0.05) is 41.8 Å². The Morgan fingerprint density at radius 2 is 0.615 bits per heavy atom. The van der Waals surface area contributed by atoms with Gasteiger partial charge in [-0.25, -0.2) is 0 Å². The molecule has 0 saturated heterocycles. The van der Waals surface area contributed by atoms with Crippen molar-refractivity contribution in [1.29, 1.82) is 0 Å². The number of alkyl halides is 4. The van der Waals surface area contributed by atoms with E-state index in [9.17, 15) is 9.59 Å². The maximum Gasteiger partial charge on any atom is 1.00 e. The molecule has 0 amide bonds. The third-order valence-corrected chi connectivity index (χ3v) is 44.1. The number of thiophene rings is 6. The SMILES string of the molecule is BrCCCBr.BrCCc1ccccc1.BrCCc1ccccc1.O=C1c2ccsc2C(=O)c2ccsc21.[CH3][Sn]([CH3])([CH3])[Cl].[CH3][Sn]([CH3])([CH3])[c]1cc2c(Cc3ccccc3)c3s[c]([Sn]([CH3])([CH3])[CH3])cc3c(Cc3ccccc3)c2s1.[Li+].[c-]1ccccc1.c1ccc(Cc2c3ccsc3c(Cc3ccccc3)c3ccsc23)cc1. The van der Waals surface area contributed by atoms with Crippen LogP contribution < -0.4 is 24.6 Å². The van der Waals surface area contributed by atoms with Crippen LogP contribution in [0.25, 0.3) is 40.3 Å². The molecule has 109 heavy (non-hydrogen) atoms. The average Bonchev–Trinajstić information content (AvgIpc) is 1.57. The minimum absolute atomic E-state index is 0. The molecule has 0 fully saturated rings. The summed E-state index contributed by atoms with van der Waals surface area (Å²) in [4.78, 5) is 46.7. The fraction of sp³-hybridized carbons (Fsp3) is 0.217. The van der Waals surface area contributed by atoms with E-state index in [2.05, 4.69) is 342 Å². The zero-order valence-corrected chi connectivity index (χ0v) is 84.5. The van der Waals surface area contributed by atoms with E-state index in [1.165, 1.54) is 105 Å². The van der Waals surface area contributed by atoms with Gasteiger partial charge in [-0.05, 0) is 122 Å². The van der Waals surface area contributed by atoms with Gasteiger partial charge in [-0.3, -0.25) is 9.59 Å². The van der Waals surface area contributed by atoms with Gasteiger partial charge < -0.3 is 0 Å². The van der Waals surface area contributed by atoms with E-state index in [1.807, 2.05) is 65.1 Å². The molecule has 0 unspecified atom stereocenters. The molecule has 2 nitrogen and oxygen atoms in total. The van der Waals surface area contributed by atoms with Crippen LogP contribution in [0.4, 0.5) is 0 Å². The van der Waals surface area contributed by atoms with Crippen molar-refractivity contribution in [3.8, 4) is 0 Å². The summed E-state index contributed by atoms with van der Waals surface area (Å²) in [6, 6.07) is 90.5. The first-order valence-electron chi connectivity index (χ1n) is 36.3. The third kappa shape index (κ3) is 28.0. The van der Waals surface area contributed by atoms with E-state index < -0.39 is 54.0 Å². The van der Waals surface area contributed by atoms with E-state index >= 15 is 0 Å². The number of hydrogen-bond acceptors (Lipinski definition) is 8. The number of benzene rings is 9. The molecule has 6 aromatic heterocycles. The number of halogens is 5. The summed E-state index contributed by atoms with van der Waals surface area (Å²) in [5.41, 5.74) is 15.6. The Kier molecular flexibility index (Phi) is 38.9. The van der Waals surface area contributed by atoms with Gasteiger partial charge in [-0.15, -0.1) is 45.3 Å². The summed E-state index contributed by atoms with van der Waals surface area (Å²) in [6.07, 6.45) is 7.51. The van der Waals surface area contributed by atoms with Gasteiger partial charge in [-0.2, -0.15) is 36.4 Å². The van der Waals surface area contributed by atoms with E-state index in [1.54, 1.807) is 49.2 Å². The summed E-state index contributed by atoms with van der Waals surface area (Å²) in [5, 5.41) is 18.3. The summed E-state index contributed by atoms with van der Waals surface area (Å²) in [6.45, 7) is 0. The van der Waals surface area contributed by atoms with Gasteiger partial charge >= 0.3 is 283 Å². The van der Waals surface area contributed by atoms with Crippen LogP contribution in [0.15, 0.2) is 270 Å². The Balaban J connectivity index is 0.000000174. The Morgan fingerprint density at radius 1 is 0.339 bits per heavy atom. The van der Waals surface area contributed by atoms with E-state index in [0.717, 1.165) is 59.8 Å². The molecular formula is C92H94Br4ClLiO2S6Sn3. The number of aryl methyl sites for hydroxylation is 2. The molecule has 15 aromatic rings. The first kappa shape index (κ1) is 91.3. The second-order valence-corrected chi connectivity index (χ2v) is 88.0. The minimum atomic E-state index is -2.21. The molecule has 0 aliphatic heterocycles. The minimum Gasteiger partial charge on any atom is -0.184 e. The van der Waals surface area contributed by atoms with E-state index in [4.69, 9.17) is 8.92 Å². The number of rotatable bonds is 16. The fourth-order valence-corrected chi connectivity index (χ4v) is 30.6. The normalized spacial score (nSPS) is 11.4. The van der Waals surface area contributed by atoms with Crippen LogP contribution in [0.3, 0.4) is 0 Å². The standard InChI is InChI=1S/C24H18S2.C24H16S2.C10H4O2S2.2C8H9Br.C6H5.C3H6Br2.9CH3.ClH.Li.3Sn/c2*1-3-7-17(8-4-1)15-21-19-11-13-26-24(19)22(20-12-14-25-23(20)21)16-18-9-5-2-6-10-18;11-7-5-1-3-13-9(5)8(12)6-2-4-14-10(6)7;2*9-7-6-8-4-2-1-3-5-8;1-2-4-6-5-3-1;4-2-1-3-5;;;;;;;;;;;;;;/h1-14H,15-16H2;1-12H,15-16H2;1-4H;2*1-5H,6-7H2;1-5H;1-3H2;9*1H3;1H;;;;/q;;;;;-1;;;;;;;;;;;;+1;;;+1/p-1. The van der Waals surface area contributed by atoms with Crippen LogP contribution in [-0.4, -0.2) is 86.9 Å². The van der Waals surface area contributed by atoms with Gasteiger partial charge in [0.05, 0.1) is 9.75 Å². The zero-order valence-electron chi connectivity index (χ0n) is 63.9. The van der Waals surface area contributed by atoms with Gasteiger partial charge in [0.15, 0.2) is 0 Å². The summed E-state index contributed by atoms with van der Waals surface area (Å²) in [5.74, 6) is -0.0169. The smallest absolute Gasteiger partial charge is 0.184 e. The molecule has 1 aliphatic carbocycles. The molecule has 0 spiro atoms. The third-order valence-electron chi connectivity index (χ3n) is 17.1. The van der Waals surface area contributed by atoms with Gasteiger partial charge in [0.1, 0.15) is 0 Å². The number of hydrogen-bond donors (Lipinski definition) is 0. The van der Waals surface area contributed by atoms with Crippen LogP contribution in [-0.2, 0) is 38.5 Å². The molecule has 0 N–H and O–H groups in total. The molecule has 17 heteroatoms. The summed E-state index contributed by atoms with van der Waals surface area (Å²) >= 11 is 17.9. The summed E-state index contributed by atoms with van der Waals surface area (Å²) < 4.78 is 9.40. The van der Waals surface area contributed by atoms with Crippen LogP contribution in [0.2, 0.25) is 44.5 Å². The van der Waals surface area contributed by atoms with Crippen molar-refractivity contribution in [3.63, 3.8) is 0 Å². The van der Waals surface area contributed by atoms with Gasteiger partial charge in [0.2, 0.25) is 11.6 Å². The second-order valence-electron chi connectivity index (χ2n) is 28.8. The Morgan fingerprint density at radius 3 is 0.862 bits per heavy atom. The molecule has 558 valence electrons. The van der Waals surface area contributed by atoms with Crippen LogP contribution >= 0.6 is 141 Å². The van der Waals surface area contributed by atoms with Crippen molar-refractivity contribution in [2.75, 3.05) is 21.3 Å². The van der Waals surface area contributed by atoms with Crippen molar-refractivity contribution in [2.24, 2.45) is 0 Å². The maximum atomic E-state index is 11.8. The fourth-order valence-electron chi connectivity index (χ4n) is 11.8. The Labute approximate surface area is 734 Å². The Bertz CT molecular complexity index is 4710. The van der Waals surface area contributed by atoms with Gasteiger partial charge in [0.25, 0.3) is 0 Å². The van der Waals surface area contributed by atoms with Crippen LogP contribution in [0.1, 0.15) is 92.5 Å². The molecule has 6 heterocycles. The number of fused-ring (bicyclic) bond motifs is 6. The van der Waals surface area contributed by atoms with Crippen molar-refractivity contribution < 1.29 is 28.4 Å². The molecule has 1 aliphatic rings. The molecule has 0 atom stereocenters. The molecule has 16 rings (SSSR count). The Hall–Kier alpha value is -3.24. The first-order valence-corrected chi connectivity index (χ1v) is 78.1. The quantitative estimate of drug-likeness (QED) is 0.0549. The van der Waals surface area contributed by atoms with Crippen molar-refractivity contribution in [2.45, 2.75) is 89.4 Å². The van der Waals surface area contributed by atoms with Crippen LogP contribution in [0, 0.1) is 6.07 Å². The zero-order chi connectivity index (χ0) is 77.1. The number of carbonyl (C=O) groups is 2. The molecule has 0 bridgehead atoms. The van der Waals surface area contributed by atoms with E-state index in [0.29, 0.717) is 20.9 Å². The number of ketones is 2. The van der Waals surface area contributed by atoms with Crippen molar-refractivity contribution >= 4 is 252 Å². The van der Waals surface area contributed by atoms with E-state index in [-0.39, 0.29) is 30.4 Å². The topological polar surface area (TPSA) is 34.1 Å². The van der Waals surface area contributed by atoms with Crippen LogP contribution in [0.5, 0.6) is 0 Å². The monoisotopic (exact) mass is 2140 g/mol. The molecule has 9 aromatic carbocycles. The molecular weight excluding hydrogens is 2050 g/mol.